The first-order valence-corrected chi connectivity index (χ1v) is 26.0. The van der Waals surface area contributed by atoms with Crippen molar-refractivity contribution in [3.05, 3.63) is 248 Å². The maximum Gasteiger partial charge on any atom is 0.135 e. The molecule has 0 N–H and O–H groups in total. The van der Waals surface area contributed by atoms with Gasteiger partial charge in [0.15, 0.2) is 0 Å². The fourth-order valence-electron chi connectivity index (χ4n) is 10.5. The minimum absolute atomic E-state index is 0. The SMILES string of the molecule is [2H]c1c([2H])c([2H])c(-c2cnc(-n3c4[c-]c(Oc5[c-]c(N6[CH-]N(c7c(-c8ccc(-c9ccccc9)cc8)cccc7-c7ccc(C(C)(C)C)cc7C(C)(C)C)c7c([2H])c([2H])c([2H])c([2H])c76)ccc5)ccc4c4ccccc43)cc2C(C)(C)C)c([2H])c1[2H].[Pt]. The Morgan fingerprint density at radius 2 is 1.12 bits per heavy atom. The molecule has 0 saturated heterocycles. The van der Waals surface area contributed by atoms with Crippen LogP contribution in [0.15, 0.2) is 212 Å². The van der Waals surface area contributed by atoms with Crippen LogP contribution in [0, 0.1) is 18.8 Å². The summed E-state index contributed by atoms with van der Waals surface area (Å²) in [5, 5.41) is 1.82. The molecule has 0 aliphatic carbocycles. The Kier molecular flexibility index (Phi) is 11.0. The van der Waals surface area contributed by atoms with Crippen LogP contribution in [-0.2, 0) is 37.3 Å². The van der Waals surface area contributed by atoms with Crippen molar-refractivity contribution in [3.8, 4) is 61.8 Å². The number of hydrogen-bond donors (Lipinski definition) is 0. The van der Waals surface area contributed by atoms with E-state index >= 15 is 0 Å². The van der Waals surface area contributed by atoms with Gasteiger partial charge in [0.05, 0.1) is 12.3 Å². The van der Waals surface area contributed by atoms with Gasteiger partial charge in [-0.3, -0.25) is 0 Å². The third kappa shape index (κ3) is 9.75. The van der Waals surface area contributed by atoms with Gasteiger partial charge in [0.1, 0.15) is 5.82 Å². The second-order valence-electron chi connectivity index (χ2n) is 22.7. The molecule has 0 radical (unpaired) electrons. The smallest absolute Gasteiger partial charge is 0.135 e. The van der Waals surface area contributed by atoms with Gasteiger partial charge in [-0.25, -0.2) is 4.98 Å². The molecule has 390 valence electrons. The Morgan fingerprint density at radius 1 is 0.487 bits per heavy atom. The maximum absolute atomic E-state index is 9.71. The standard InChI is InChI=1S/C72H63N4O.Pt/c1-70(2,3)52-38-40-57(62(42-52)71(4,5)6)60-30-21-29-56(51-36-34-49(35-37-51)48-22-12-10-13-23-48)69(60)75-47-74(65-32-18-19-33-66(65)75)53-26-20-27-54(43-53)77-55-39-41-59-58-28-16-17-31-64(58)76(67(59)44-55)68-45-63(72(7,8)9)61(46-73-68)50-24-14-11-15-25-50;/h10-42,45-47H,1-9H3;/q-3;/i11D,14D,15D,18D,19D,24D,25D,32D,33D;. The Balaban J connectivity index is 0.00000784. The van der Waals surface area contributed by atoms with Crippen LogP contribution < -0.4 is 14.5 Å². The maximum atomic E-state index is 9.71. The molecule has 0 saturated carbocycles. The Labute approximate surface area is 487 Å². The molecule has 5 nitrogen and oxygen atoms in total. The number of benzene rings is 9. The fourth-order valence-corrected chi connectivity index (χ4v) is 10.5. The van der Waals surface area contributed by atoms with Crippen LogP contribution in [-0.4, -0.2) is 9.55 Å². The van der Waals surface area contributed by atoms with Crippen LogP contribution in [0.5, 0.6) is 11.5 Å². The molecule has 9 aromatic carbocycles. The van der Waals surface area contributed by atoms with Gasteiger partial charge < -0.3 is 19.1 Å². The average Bonchev–Trinajstić information content (AvgIpc) is 1.72. The summed E-state index contributed by atoms with van der Waals surface area (Å²) in [5.41, 5.74) is 11.7. The van der Waals surface area contributed by atoms with Gasteiger partial charge in [-0.15, -0.1) is 48.1 Å². The van der Waals surface area contributed by atoms with Crippen molar-refractivity contribution in [2.45, 2.75) is 78.6 Å². The molecule has 1 aliphatic rings. The summed E-state index contributed by atoms with van der Waals surface area (Å²) in [6, 6.07) is 54.7. The summed E-state index contributed by atoms with van der Waals surface area (Å²) >= 11 is 0. The molecule has 6 heteroatoms. The summed E-state index contributed by atoms with van der Waals surface area (Å²) in [5.74, 6) is 1.21. The van der Waals surface area contributed by atoms with E-state index in [1.807, 2.05) is 110 Å². The summed E-state index contributed by atoms with van der Waals surface area (Å²) in [4.78, 5) is 8.65. The Bertz CT molecular complexity index is 4520. The van der Waals surface area contributed by atoms with Gasteiger partial charge in [0, 0.05) is 78.0 Å². The number of fused-ring (bicyclic) bond motifs is 4. The van der Waals surface area contributed by atoms with Gasteiger partial charge in [-0.2, -0.15) is 12.1 Å². The molecule has 12 rings (SSSR count). The molecule has 78 heavy (non-hydrogen) atoms. The average molecular weight is 1200 g/mol. The first-order valence-electron chi connectivity index (χ1n) is 30.5. The minimum Gasteiger partial charge on any atom is -0.509 e. The third-order valence-electron chi connectivity index (χ3n) is 14.4. The van der Waals surface area contributed by atoms with Crippen molar-refractivity contribution >= 4 is 44.6 Å². The molecule has 0 unspecified atom stereocenters. The van der Waals surface area contributed by atoms with Crippen molar-refractivity contribution in [1.29, 1.82) is 0 Å². The normalized spacial score (nSPS) is 14.3. The number of anilines is 4. The van der Waals surface area contributed by atoms with Crippen LogP contribution in [0.4, 0.5) is 22.7 Å². The number of ether oxygens (including phenoxy) is 1. The van der Waals surface area contributed by atoms with Gasteiger partial charge in [0.25, 0.3) is 0 Å². The minimum atomic E-state index is -0.554. The number of pyridine rings is 1. The van der Waals surface area contributed by atoms with E-state index < -0.39 is 23.5 Å². The van der Waals surface area contributed by atoms with Crippen LogP contribution in [0.1, 0.15) is 91.3 Å². The predicted octanol–water partition coefficient (Wildman–Crippen LogP) is 19.5. The zero-order valence-electron chi connectivity index (χ0n) is 54.1. The molecular formula is C72H63N4OPt-3. The Morgan fingerprint density at radius 3 is 1.85 bits per heavy atom. The fraction of sp³-hybridized carbons (Fsp3) is 0.167. The summed E-state index contributed by atoms with van der Waals surface area (Å²) < 4.78 is 89.1. The number of hydrogen-bond acceptors (Lipinski definition) is 4. The monoisotopic (exact) mass is 1200 g/mol. The van der Waals surface area contributed by atoms with Crippen LogP contribution in [0.25, 0.3) is 72.1 Å². The van der Waals surface area contributed by atoms with E-state index in [9.17, 15) is 2.74 Å². The van der Waals surface area contributed by atoms with Crippen molar-refractivity contribution in [2.75, 3.05) is 9.80 Å². The topological polar surface area (TPSA) is 33.5 Å². The van der Waals surface area contributed by atoms with Crippen molar-refractivity contribution < 1.29 is 38.1 Å². The zero-order chi connectivity index (χ0) is 61.1. The van der Waals surface area contributed by atoms with Crippen molar-refractivity contribution in [2.24, 2.45) is 0 Å². The van der Waals surface area contributed by atoms with E-state index in [1.165, 1.54) is 5.56 Å². The largest absolute Gasteiger partial charge is 0.509 e. The van der Waals surface area contributed by atoms with Gasteiger partial charge >= 0.3 is 0 Å². The van der Waals surface area contributed by atoms with E-state index in [1.54, 1.807) is 17.2 Å². The van der Waals surface area contributed by atoms with E-state index in [2.05, 4.69) is 126 Å². The quantitative estimate of drug-likeness (QED) is 0.135. The molecule has 1 aliphatic heterocycles. The summed E-state index contributed by atoms with van der Waals surface area (Å²) in [6.07, 6.45) is 1.59. The molecule has 2 aromatic heterocycles. The third-order valence-corrected chi connectivity index (χ3v) is 14.4. The molecular weight excluding hydrogens is 1130 g/mol. The molecule has 0 fully saturated rings. The second-order valence-corrected chi connectivity index (χ2v) is 22.7. The molecule has 0 spiro atoms. The number of para-hydroxylation sites is 4. The van der Waals surface area contributed by atoms with Crippen molar-refractivity contribution in [1.82, 2.24) is 9.55 Å². The van der Waals surface area contributed by atoms with Crippen LogP contribution in [0.2, 0.25) is 0 Å². The second kappa shape index (κ2) is 20.4. The zero-order valence-corrected chi connectivity index (χ0v) is 47.4. The summed E-state index contributed by atoms with van der Waals surface area (Å²) in [6.45, 7) is 21.2. The number of nitrogens with zero attached hydrogens (tertiary/aromatic N) is 4. The van der Waals surface area contributed by atoms with Gasteiger partial charge in [0.2, 0.25) is 0 Å². The van der Waals surface area contributed by atoms with Crippen LogP contribution in [0.3, 0.4) is 0 Å². The van der Waals surface area contributed by atoms with Gasteiger partial charge in [-0.1, -0.05) is 219 Å². The molecule has 0 atom stereocenters. The summed E-state index contributed by atoms with van der Waals surface area (Å²) in [7, 11) is 0. The number of rotatable bonds is 9. The Hall–Kier alpha value is -7.98. The predicted molar refractivity (Wildman–Crippen MR) is 322 cm³/mol. The molecule has 0 amide bonds. The molecule has 11 aromatic rings. The van der Waals surface area contributed by atoms with Crippen LogP contribution >= 0.6 is 0 Å². The first-order chi connectivity index (χ1) is 40.8. The van der Waals surface area contributed by atoms with Gasteiger partial charge in [-0.05, 0) is 90.4 Å². The number of aromatic nitrogens is 2. The van der Waals surface area contributed by atoms with Crippen molar-refractivity contribution in [3.63, 3.8) is 0 Å². The first kappa shape index (κ1) is 42.1. The van der Waals surface area contributed by atoms with E-state index in [-0.39, 0.29) is 85.1 Å². The molecule has 3 heterocycles. The van der Waals surface area contributed by atoms with E-state index in [4.69, 9.17) is 19.3 Å². The van der Waals surface area contributed by atoms with E-state index in [0.717, 1.165) is 66.5 Å². The molecule has 0 bridgehead atoms. The van der Waals surface area contributed by atoms with E-state index in [0.29, 0.717) is 34.1 Å².